The number of aliphatic hydroxyl groups is 2. The number of carbonyl (C=O) groups excluding carboxylic acids is 1. The Morgan fingerprint density at radius 3 is 2.59 bits per heavy atom. The van der Waals surface area contributed by atoms with Gasteiger partial charge in [0.05, 0.1) is 29.8 Å². The summed E-state index contributed by atoms with van der Waals surface area (Å²) in [6.45, 7) is 1.36. The van der Waals surface area contributed by atoms with E-state index >= 15 is 0 Å². The fraction of sp³-hybridized carbons (Fsp3) is 0.300. The lowest BCUT2D eigenvalue weighted by Crippen LogP contribution is -2.25. The first-order valence-corrected chi connectivity index (χ1v) is 11.6. The lowest BCUT2D eigenvalue weighted by atomic mass is 10.1. The number of hydrogen-bond donors (Lipinski definition) is 3. The molecule has 2 aromatic carbocycles. The Kier molecular flexibility index (Phi) is 7.66. The van der Waals surface area contributed by atoms with Gasteiger partial charge in [-0.25, -0.2) is 4.98 Å². The summed E-state index contributed by atoms with van der Waals surface area (Å²) in [4.78, 5) is 17.3. The maximum Gasteiger partial charge on any atom is 0.487 e. The Balaban J connectivity index is 1.89. The molecule has 7 nitrogen and oxygen atoms in total. The van der Waals surface area contributed by atoms with Crippen molar-refractivity contribution in [3.63, 3.8) is 0 Å². The number of alkyl halides is 3. The van der Waals surface area contributed by atoms with E-state index in [1.54, 1.807) is 23.6 Å². The number of fused-ring (bicyclic) bond motifs is 1. The summed E-state index contributed by atoms with van der Waals surface area (Å²) in [5, 5.41) is 22.7. The number of nitrogens with zero attached hydrogens (tertiary/aromatic N) is 2. The third-order valence-electron chi connectivity index (χ3n) is 4.65. The van der Waals surface area contributed by atoms with E-state index in [2.05, 4.69) is 31.0 Å². The van der Waals surface area contributed by atoms with Gasteiger partial charge in [-0.1, -0.05) is 11.8 Å². The number of imidazole rings is 1. The highest BCUT2D eigenvalue weighted by atomic mass is 79.9. The van der Waals surface area contributed by atoms with Crippen LogP contribution < -0.4 is 10.1 Å². The van der Waals surface area contributed by atoms with E-state index in [0.717, 1.165) is 0 Å². The van der Waals surface area contributed by atoms with Crippen molar-refractivity contribution < 1.29 is 28.5 Å². The number of ether oxygens (including phenoxy) is 1. The van der Waals surface area contributed by atoms with Crippen LogP contribution in [-0.4, -0.2) is 50.2 Å². The van der Waals surface area contributed by atoms with Crippen molar-refractivity contribution in [3.05, 3.63) is 46.4 Å². The number of thioether (sulfide) groups is 1. The molecule has 1 heterocycles. The Hall–Kier alpha value is -1.92. The number of hydrogen-bond acceptors (Lipinski definition) is 6. The number of aliphatic hydroxyl groups excluding tert-OH is 2. The van der Waals surface area contributed by atoms with Gasteiger partial charge in [0.1, 0.15) is 5.75 Å². The SMILES string of the molecule is CSc1nc2cc(C(=O)Nc3ccc(OC(F)(F)Cl)cc3)cc(Br)c2n1[C@@H](C)[C@H](O)CO. The van der Waals surface area contributed by atoms with Crippen molar-refractivity contribution in [1.82, 2.24) is 9.55 Å². The van der Waals surface area contributed by atoms with Crippen LogP contribution in [0.25, 0.3) is 11.0 Å². The molecular formula is C20H19BrClF2N3O4S. The molecule has 0 radical (unpaired) electrons. The van der Waals surface area contributed by atoms with Crippen molar-refractivity contribution in [1.29, 1.82) is 0 Å². The van der Waals surface area contributed by atoms with E-state index in [9.17, 15) is 23.8 Å². The van der Waals surface area contributed by atoms with Gasteiger partial charge < -0.3 is 24.8 Å². The van der Waals surface area contributed by atoms with Gasteiger partial charge in [-0.2, -0.15) is 0 Å². The number of carbonyl (C=O) groups is 1. The highest BCUT2D eigenvalue weighted by molar-refractivity contribution is 9.10. The molecule has 3 N–H and O–H groups in total. The van der Waals surface area contributed by atoms with Crippen LogP contribution in [0.4, 0.5) is 14.5 Å². The fourth-order valence-corrected chi connectivity index (χ4v) is 4.46. The smallest absolute Gasteiger partial charge is 0.420 e. The van der Waals surface area contributed by atoms with Crippen LogP contribution in [0.3, 0.4) is 0 Å². The summed E-state index contributed by atoms with van der Waals surface area (Å²) in [6.07, 6.45) is 0.851. The van der Waals surface area contributed by atoms with Crippen LogP contribution in [0.1, 0.15) is 23.3 Å². The van der Waals surface area contributed by atoms with Crippen LogP contribution >= 0.6 is 39.3 Å². The number of amides is 1. The maximum absolute atomic E-state index is 12.8. The predicted molar refractivity (Wildman–Crippen MR) is 123 cm³/mol. The second-order valence-electron chi connectivity index (χ2n) is 6.81. The number of anilines is 1. The molecule has 172 valence electrons. The summed E-state index contributed by atoms with van der Waals surface area (Å²) >= 11 is 9.59. The minimum Gasteiger partial charge on any atom is -0.420 e. The molecule has 3 aromatic rings. The first-order valence-electron chi connectivity index (χ1n) is 9.25. The van der Waals surface area contributed by atoms with E-state index in [4.69, 9.17) is 11.6 Å². The van der Waals surface area contributed by atoms with E-state index in [1.165, 1.54) is 36.0 Å². The summed E-state index contributed by atoms with van der Waals surface area (Å²) < 4.78 is 32.0. The van der Waals surface area contributed by atoms with E-state index < -0.39 is 30.2 Å². The van der Waals surface area contributed by atoms with Gasteiger partial charge in [0.2, 0.25) is 0 Å². The third kappa shape index (κ3) is 5.52. The fourth-order valence-electron chi connectivity index (χ4n) is 3.08. The van der Waals surface area contributed by atoms with Crippen LogP contribution in [0.2, 0.25) is 0 Å². The van der Waals surface area contributed by atoms with Gasteiger partial charge in [-0.3, -0.25) is 4.79 Å². The van der Waals surface area contributed by atoms with Gasteiger partial charge in [0, 0.05) is 27.3 Å². The first kappa shape index (κ1) is 24.7. The first-order chi connectivity index (χ1) is 15.0. The molecule has 3 rings (SSSR count). The van der Waals surface area contributed by atoms with Gasteiger partial charge >= 0.3 is 5.57 Å². The molecule has 32 heavy (non-hydrogen) atoms. The summed E-state index contributed by atoms with van der Waals surface area (Å²) in [5.41, 5.74) is -1.94. The summed E-state index contributed by atoms with van der Waals surface area (Å²) in [6, 6.07) is 8.09. The highest BCUT2D eigenvalue weighted by Gasteiger charge is 2.27. The monoisotopic (exact) mass is 549 g/mol. The number of aromatic nitrogens is 2. The molecule has 0 aliphatic heterocycles. The van der Waals surface area contributed by atoms with Gasteiger partial charge in [-0.05, 0) is 65.5 Å². The minimum absolute atomic E-state index is 0.151. The van der Waals surface area contributed by atoms with Crippen LogP contribution in [0, 0.1) is 0 Å². The molecule has 0 saturated heterocycles. The number of nitrogens with one attached hydrogen (secondary N) is 1. The standard InChI is InChI=1S/C20H19BrClF2N3O4S/c1-10(16(29)9-28)27-17-14(21)7-11(8-15(17)26-19(27)32-2)18(30)25-12-3-5-13(6-4-12)31-20(22,23)24/h3-8,10,16,28-29H,9H2,1-2H3,(H,25,30)/t10-,16+/m0/s1. The van der Waals surface area contributed by atoms with Crippen LogP contribution in [0.15, 0.2) is 46.0 Å². The Morgan fingerprint density at radius 1 is 1.38 bits per heavy atom. The average Bonchev–Trinajstić information content (AvgIpc) is 3.12. The van der Waals surface area contributed by atoms with E-state index in [-0.39, 0.29) is 5.75 Å². The molecule has 1 aromatic heterocycles. The second-order valence-corrected chi connectivity index (χ2v) is 8.88. The zero-order chi connectivity index (χ0) is 23.6. The maximum atomic E-state index is 12.8. The normalized spacial score (nSPS) is 13.8. The van der Waals surface area contributed by atoms with Crippen molar-refractivity contribution in [2.24, 2.45) is 0 Å². The molecule has 0 aliphatic rings. The minimum atomic E-state index is -3.82. The quantitative estimate of drug-likeness (QED) is 0.274. The number of rotatable bonds is 8. The molecule has 0 fully saturated rings. The molecule has 0 aliphatic carbocycles. The Labute approximate surface area is 199 Å². The predicted octanol–water partition coefficient (Wildman–Crippen LogP) is 4.86. The Morgan fingerprint density at radius 2 is 2.03 bits per heavy atom. The van der Waals surface area contributed by atoms with E-state index in [0.29, 0.717) is 31.9 Å². The number of halogens is 4. The largest absolute Gasteiger partial charge is 0.487 e. The van der Waals surface area contributed by atoms with Gasteiger partial charge in [-0.15, -0.1) is 8.78 Å². The molecule has 0 bridgehead atoms. The summed E-state index contributed by atoms with van der Waals surface area (Å²) in [7, 11) is 0. The average molecular weight is 551 g/mol. The zero-order valence-electron chi connectivity index (χ0n) is 16.9. The molecule has 2 atom stereocenters. The molecule has 0 saturated carbocycles. The summed E-state index contributed by atoms with van der Waals surface area (Å²) in [5.74, 6) is -0.589. The van der Waals surface area contributed by atoms with Crippen LogP contribution in [0.5, 0.6) is 5.75 Å². The lowest BCUT2D eigenvalue weighted by molar-refractivity contribution is -0.0964. The van der Waals surface area contributed by atoms with Crippen LogP contribution in [-0.2, 0) is 0 Å². The van der Waals surface area contributed by atoms with Crippen molar-refractivity contribution in [3.8, 4) is 5.75 Å². The Bertz CT molecular complexity index is 1120. The highest BCUT2D eigenvalue weighted by Crippen LogP contribution is 2.34. The zero-order valence-corrected chi connectivity index (χ0v) is 20.0. The van der Waals surface area contributed by atoms with Crippen molar-refractivity contribution in [2.45, 2.75) is 29.8 Å². The molecular weight excluding hydrogens is 532 g/mol. The molecule has 0 unspecified atom stereocenters. The van der Waals surface area contributed by atoms with E-state index in [1.807, 2.05) is 6.26 Å². The number of benzene rings is 2. The third-order valence-corrected chi connectivity index (χ3v) is 5.98. The topological polar surface area (TPSA) is 96.6 Å². The van der Waals surface area contributed by atoms with Crippen molar-refractivity contribution in [2.75, 3.05) is 18.2 Å². The van der Waals surface area contributed by atoms with Gasteiger partial charge in [0.15, 0.2) is 5.16 Å². The molecule has 12 heteroatoms. The lowest BCUT2D eigenvalue weighted by Gasteiger charge is -2.21. The molecule has 0 spiro atoms. The van der Waals surface area contributed by atoms with Crippen molar-refractivity contribution >= 4 is 61.9 Å². The molecule has 1 amide bonds. The second kappa shape index (κ2) is 9.92. The van der Waals surface area contributed by atoms with Gasteiger partial charge in [0.25, 0.3) is 5.91 Å².